The molecule has 0 spiro atoms. The van der Waals surface area contributed by atoms with Crippen LogP contribution in [0.25, 0.3) is 0 Å². The van der Waals surface area contributed by atoms with Gasteiger partial charge >= 0.3 is 0 Å². The fraction of sp³-hybridized carbons (Fsp3) is 0.350. The van der Waals surface area contributed by atoms with Crippen LogP contribution < -0.4 is 0 Å². The number of amides is 1. The second kappa shape index (κ2) is 7.10. The summed E-state index contributed by atoms with van der Waals surface area (Å²) in [4.78, 5) is 15.6. The summed E-state index contributed by atoms with van der Waals surface area (Å²) in [6.07, 6.45) is 2.16. The summed E-state index contributed by atoms with van der Waals surface area (Å²) in [6, 6.07) is 17.2. The molecule has 1 unspecified atom stereocenters. The molecule has 2 aromatic rings. The molecular weight excluding hydrogens is 334 g/mol. The van der Waals surface area contributed by atoms with E-state index in [0.717, 1.165) is 16.0 Å². The molecule has 0 aliphatic heterocycles. The van der Waals surface area contributed by atoms with Crippen molar-refractivity contribution in [3.63, 3.8) is 0 Å². The first-order valence-corrected chi connectivity index (χ1v) is 9.90. The molecule has 1 saturated carbocycles. The van der Waals surface area contributed by atoms with Crippen molar-refractivity contribution in [2.75, 3.05) is 13.3 Å². The quantitative estimate of drug-likeness (QED) is 0.894. The molecule has 1 aliphatic rings. The van der Waals surface area contributed by atoms with Gasteiger partial charge in [0.05, 0.1) is 11.5 Å². The van der Waals surface area contributed by atoms with Crippen LogP contribution >= 0.6 is 0 Å². The molecule has 5 heteroatoms. The molecule has 1 N–H and O–H groups in total. The molecule has 4 nitrogen and oxygen atoms in total. The maximum Gasteiger partial charge on any atom is 0.233 e. The number of likely N-dealkylation sites (N-methyl/N-ethyl adjacent to an activating group) is 1. The number of hydrogen-bond acceptors (Lipinski definition) is 3. The van der Waals surface area contributed by atoms with Gasteiger partial charge in [-0.15, -0.1) is 0 Å². The van der Waals surface area contributed by atoms with Gasteiger partial charge in [0.15, 0.2) is 0 Å². The van der Waals surface area contributed by atoms with Crippen molar-refractivity contribution in [1.82, 2.24) is 4.90 Å². The molecule has 0 bridgehead atoms. The van der Waals surface area contributed by atoms with Gasteiger partial charge in [-0.05, 0) is 36.1 Å². The normalized spacial score (nSPS) is 23.6. The SMILES string of the molecule is CN(Cc1ccc(S(C)=O)cc1)C(=O)C1(c2ccccc2)CC(O)C1. The molecule has 0 saturated heterocycles. The minimum absolute atomic E-state index is 0.0344. The first-order valence-electron chi connectivity index (χ1n) is 8.34. The van der Waals surface area contributed by atoms with Gasteiger partial charge in [0.1, 0.15) is 0 Å². The minimum Gasteiger partial charge on any atom is -0.393 e. The number of benzene rings is 2. The highest BCUT2D eigenvalue weighted by Gasteiger charge is 2.51. The summed E-state index contributed by atoms with van der Waals surface area (Å²) in [5.74, 6) is 0.0344. The van der Waals surface area contributed by atoms with Crippen molar-refractivity contribution in [2.24, 2.45) is 0 Å². The highest BCUT2D eigenvalue weighted by Crippen LogP contribution is 2.45. The third-order valence-corrected chi connectivity index (χ3v) is 5.86. The first kappa shape index (κ1) is 17.8. The lowest BCUT2D eigenvalue weighted by molar-refractivity contribution is -0.145. The van der Waals surface area contributed by atoms with Crippen molar-refractivity contribution in [1.29, 1.82) is 0 Å². The smallest absolute Gasteiger partial charge is 0.233 e. The van der Waals surface area contributed by atoms with E-state index in [2.05, 4.69) is 0 Å². The lowest BCUT2D eigenvalue weighted by atomic mass is 9.62. The van der Waals surface area contributed by atoms with Gasteiger partial charge in [0.25, 0.3) is 0 Å². The molecule has 2 aromatic carbocycles. The zero-order chi connectivity index (χ0) is 18.0. The van der Waals surface area contributed by atoms with Crippen LogP contribution in [0.1, 0.15) is 24.0 Å². The molecule has 132 valence electrons. The van der Waals surface area contributed by atoms with E-state index in [-0.39, 0.29) is 5.91 Å². The Kier molecular flexibility index (Phi) is 5.06. The van der Waals surface area contributed by atoms with Gasteiger partial charge in [-0.25, -0.2) is 0 Å². The van der Waals surface area contributed by atoms with Crippen LogP contribution in [-0.2, 0) is 27.6 Å². The van der Waals surface area contributed by atoms with E-state index in [1.54, 1.807) is 18.2 Å². The molecule has 0 radical (unpaired) electrons. The number of hydrogen-bond donors (Lipinski definition) is 1. The zero-order valence-corrected chi connectivity index (χ0v) is 15.3. The lowest BCUT2D eigenvalue weighted by Gasteiger charge is -2.46. The van der Waals surface area contributed by atoms with Crippen LogP contribution in [-0.4, -0.2) is 39.5 Å². The maximum absolute atomic E-state index is 13.1. The number of carbonyl (C=O) groups excluding carboxylic acids is 1. The topological polar surface area (TPSA) is 57.6 Å². The summed E-state index contributed by atoms with van der Waals surface area (Å²) in [5.41, 5.74) is 1.34. The fourth-order valence-electron chi connectivity index (χ4n) is 3.53. The van der Waals surface area contributed by atoms with Gasteiger partial charge in [-0.2, -0.15) is 0 Å². The summed E-state index contributed by atoms with van der Waals surface area (Å²) in [7, 11) is 0.793. The third-order valence-electron chi connectivity index (χ3n) is 4.93. The Morgan fingerprint density at radius 3 is 2.28 bits per heavy atom. The van der Waals surface area contributed by atoms with Crippen LogP contribution in [0.3, 0.4) is 0 Å². The Hall–Kier alpha value is -1.98. The predicted octanol–water partition coefficient (Wildman–Crippen LogP) is 2.48. The second-order valence-electron chi connectivity index (χ2n) is 6.77. The van der Waals surface area contributed by atoms with E-state index in [9.17, 15) is 14.1 Å². The van der Waals surface area contributed by atoms with E-state index in [0.29, 0.717) is 19.4 Å². The highest BCUT2D eigenvalue weighted by atomic mass is 32.2. The summed E-state index contributed by atoms with van der Waals surface area (Å²) < 4.78 is 11.5. The van der Waals surface area contributed by atoms with Crippen LogP contribution in [0.4, 0.5) is 0 Å². The van der Waals surface area contributed by atoms with Gasteiger partial charge in [-0.1, -0.05) is 42.5 Å². The third kappa shape index (κ3) is 3.53. The van der Waals surface area contributed by atoms with Crippen LogP contribution in [0.15, 0.2) is 59.5 Å². The summed E-state index contributed by atoms with van der Waals surface area (Å²) in [6.45, 7) is 0.486. The largest absolute Gasteiger partial charge is 0.393 e. The molecule has 1 atom stereocenters. The standard InChI is InChI=1S/C20H23NO3S/c1-21(14-15-8-10-18(11-9-15)25(2)24)19(23)20(12-17(22)13-20)16-6-4-3-5-7-16/h3-11,17,22H,12-14H2,1-2H3. The number of rotatable bonds is 5. The van der Waals surface area contributed by atoms with Crippen molar-refractivity contribution in [3.05, 3.63) is 65.7 Å². The molecular formula is C20H23NO3S. The van der Waals surface area contributed by atoms with Crippen molar-refractivity contribution in [3.8, 4) is 0 Å². The van der Waals surface area contributed by atoms with E-state index >= 15 is 0 Å². The maximum atomic E-state index is 13.1. The number of aliphatic hydroxyl groups excluding tert-OH is 1. The molecule has 1 fully saturated rings. The minimum atomic E-state index is -1.00. The number of aliphatic hydroxyl groups is 1. The second-order valence-corrected chi connectivity index (χ2v) is 8.15. The first-order chi connectivity index (χ1) is 11.9. The average Bonchev–Trinajstić information content (AvgIpc) is 2.59. The fourth-order valence-corrected chi connectivity index (χ4v) is 4.05. The number of carbonyl (C=O) groups is 1. The van der Waals surface area contributed by atoms with E-state index in [1.807, 2.05) is 54.6 Å². The Bertz CT molecular complexity index is 767. The van der Waals surface area contributed by atoms with Crippen molar-refractivity contribution in [2.45, 2.75) is 35.8 Å². The molecule has 1 amide bonds. The molecule has 0 heterocycles. The van der Waals surface area contributed by atoms with Crippen molar-refractivity contribution >= 4 is 16.7 Å². The van der Waals surface area contributed by atoms with Crippen LogP contribution in [0.5, 0.6) is 0 Å². The van der Waals surface area contributed by atoms with Gasteiger partial charge < -0.3 is 10.0 Å². The van der Waals surface area contributed by atoms with Gasteiger partial charge in [-0.3, -0.25) is 9.00 Å². The molecule has 3 rings (SSSR count). The van der Waals surface area contributed by atoms with E-state index < -0.39 is 22.3 Å². The van der Waals surface area contributed by atoms with Gasteiger partial charge in [0, 0.05) is 35.5 Å². The predicted molar refractivity (Wildman–Crippen MR) is 98.6 cm³/mol. The van der Waals surface area contributed by atoms with Crippen LogP contribution in [0, 0.1) is 0 Å². The molecule has 1 aliphatic carbocycles. The lowest BCUT2D eigenvalue weighted by Crippen LogP contribution is -2.55. The van der Waals surface area contributed by atoms with E-state index in [1.165, 1.54) is 0 Å². The Morgan fingerprint density at radius 2 is 1.76 bits per heavy atom. The zero-order valence-electron chi connectivity index (χ0n) is 14.5. The Labute approximate surface area is 150 Å². The van der Waals surface area contributed by atoms with Crippen molar-refractivity contribution < 1.29 is 14.1 Å². The highest BCUT2D eigenvalue weighted by molar-refractivity contribution is 7.84. The molecule has 25 heavy (non-hydrogen) atoms. The monoisotopic (exact) mass is 357 g/mol. The average molecular weight is 357 g/mol. The van der Waals surface area contributed by atoms with Crippen LogP contribution in [0.2, 0.25) is 0 Å². The van der Waals surface area contributed by atoms with Gasteiger partial charge in [0.2, 0.25) is 5.91 Å². The summed E-state index contributed by atoms with van der Waals surface area (Å²) in [5, 5.41) is 9.85. The Balaban J connectivity index is 1.77. The summed E-state index contributed by atoms with van der Waals surface area (Å²) >= 11 is 0. The Morgan fingerprint density at radius 1 is 1.16 bits per heavy atom. The molecule has 0 aromatic heterocycles. The number of nitrogens with zero attached hydrogens (tertiary/aromatic N) is 1. The van der Waals surface area contributed by atoms with E-state index in [4.69, 9.17) is 0 Å².